The molecule has 7 heteroatoms. The fraction of sp³-hybridized carbons (Fsp3) is 0.583. The zero-order chi connectivity index (χ0) is 14.0. The summed E-state index contributed by atoms with van der Waals surface area (Å²) >= 11 is 5.22. The van der Waals surface area contributed by atoms with Gasteiger partial charge in [-0.15, -0.1) is 0 Å². The van der Waals surface area contributed by atoms with Crippen molar-refractivity contribution in [1.82, 2.24) is 4.98 Å². The minimum absolute atomic E-state index is 0.165. The highest BCUT2D eigenvalue weighted by Crippen LogP contribution is 2.32. The van der Waals surface area contributed by atoms with Crippen LogP contribution < -0.4 is 4.90 Å². The van der Waals surface area contributed by atoms with Crippen LogP contribution in [-0.2, 0) is 9.84 Å². The quantitative estimate of drug-likeness (QED) is 0.824. The van der Waals surface area contributed by atoms with Gasteiger partial charge < -0.3 is 4.90 Å². The van der Waals surface area contributed by atoms with Gasteiger partial charge in [0.25, 0.3) is 0 Å². The van der Waals surface area contributed by atoms with Crippen LogP contribution in [0.25, 0.3) is 0 Å². The SMILES string of the molecule is CCS(=O)(=O)C1CSCCN1c1nccc(C)c1Br. The van der Waals surface area contributed by atoms with Crippen molar-refractivity contribution < 1.29 is 8.42 Å². The molecule has 0 N–H and O–H groups in total. The Morgan fingerprint density at radius 2 is 2.32 bits per heavy atom. The van der Waals surface area contributed by atoms with E-state index >= 15 is 0 Å². The van der Waals surface area contributed by atoms with Crippen LogP contribution in [-0.4, -0.2) is 42.6 Å². The van der Waals surface area contributed by atoms with Crippen LogP contribution in [0.15, 0.2) is 16.7 Å². The summed E-state index contributed by atoms with van der Waals surface area (Å²) in [5.74, 6) is 2.44. The highest BCUT2D eigenvalue weighted by Gasteiger charge is 2.34. The lowest BCUT2D eigenvalue weighted by Crippen LogP contribution is -2.48. The maximum atomic E-state index is 12.2. The molecule has 0 aromatic carbocycles. The molecule has 106 valence electrons. The second-order valence-corrected chi connectivity index (χ2v) is 8.83. The van der Waals surface area contributed by atoms with Crippen molar-refractivity contribution in [2.75, 3.05) is 28.7 Å². The lowest BCUT2D eigenvalue weighted by atomic mass is 10.3. The van der Waals surface area contributed by atoms with Gasteiger partial charge in [-0.3, -0.25) is 0 Å². The predicted octanol–water partition coefficient (Wildman–Crippen LogP) is 2.47. The number of hydrogen-bond acceptors (Lipinski definition) is 5. The van der Waals surface area contributed by atoms with Gasteiger partial charge >= 0.3 is 0 Å². The number of nitrogens with zero attached hydrogens (tertiary/aromatic N) is 2. The first-order valence-electron chi connectivity index (χ1n) is 6.14. The molecule has 1 saturated heterocycles. The highest BCUT2D eigenvalue weighted by molar-refractivity contribution is 9.10. The predicted molar refractivity (Wildman–Crippen MR) is 84.6 cm³/mol. The van der Waals surface area contributed by atoms with E-state index in [1.807, 2.05) is 17.9 Å². The smallest absolute Gasteiger partial charge is 0.171 e. The van der Waals surface area contributed by atoms with E-state index in [1.165, 1.54) is 0 Å². The molecule has 19 heavy (non-hydrogen) atoms. The topological polar surface area (TPSA) is 50.3 Å². The van der Waals surface area contributed by atoms with Gasteiger partial charge in [0.1, 0.15) is 11.2 Å². The molecule has 0 spiro atoms. The molecule has 1 atom stereocenters. The van der Waals surface area contributed by atoms with E-state index in [0.29, 0.717) is 12.3 Å². The number of aryl methyl sites for hydroxylation is 1. The van der Waals surface area contributed by atoms with E-state index < -0.39 is 15.2 Å². The lowest BCUT2D eigenvalue weighted by molar-refractivity contribution is 0.578. The Morgan fingerprint density at radius 3 is 3.00 bits per heavy atom. The zero-order valence-corrected chi connectivity index (χ0v) is 14.2. The molecular formula is C12H17BrN2O2S2. The van der Waals surface area contributed by atoms with Gasteiger partial charge in [-0.25, -0.2) is 13.4 Å². The Morgan fingerprint density at radius 1 is 1.58 bits per heavy atom. The second kappa shape index (κ2) is 6.01. The van der Waals surface area contributed by atoms with Gasteiger partial charge in [-0.1, -0.05) is 6.92 Å². The summed E-state index contributed by atoms with van der Waals surface area (Å²) in [7, 11) is -3.10. The molecule has 1 aliphatic heterocycles. The summed E-state index contributed by atoms with van der Waals surface area (Å²) in [6.07, 6.45) is 1.73. The molecule has 1 aromatic rings. The summed E-state index contributed by atoms with van der Waals surface area (Å²) in [6, 6.07) is 1.91. The van der Waals surface area contributed by atoms with Crippen LogP contribution in [0.4, 0.5) is 5.82 Å². The van der Waals surface area contributed by atoms with Gasteiger partial charge in [-0.2, -0.15) is 11.8 Å². The Balaban J connectivity index is 2.43. The first kappa shape index (κ1) is 15.1. The number of thioether (sulfide) groups is 1. The zero-order valence-electron chi connectivity index (χ0n) is 11.0. The molecule has 2 heterocycles. The monoisotopic (exact) mass is 364 g/mol. The summed E-state index contributed by atoms with van der Waals surface area (Å²) in [5, 5.41) is -0.471. The fourth-order valence-electron chi connectivity index (χ4n) is 2.04. The van der Waals surface area contributed by atoms with Gasteiger partial charge in [-0.05, 0) is 34.5 Å². The van der Waals surface area contributed by atoms with Crippen molar-refractivity contribution in [3.8, 4) is 0 Å². The maximum Gasteiger partial charge on any atom is 0.171 e. The first-order chi connectivity index (χ1) is 8.97. The third kappa shape index (κ3) is 3.08. The molecule has 0 amide bonds. The van der Waals surface area contributed by atoms with Crippen LogP contribution in [0, 0.1) is 6.92 Å². The Hall–Kier alpha value is -0.270. The highest BCUT2D eigenvalue weighted by atomic mass is 79.9. The van der Waals surface area contributed by atoms with Crippen LogP contribution in [0.3, 0.4) is 0 Å². The number of rotatable bonds is 3. The number of pyridine rings is 1. The van der Waals surface area contributed by atoms with Gasteiger partial charge in [0.2, 0.25) is 0 Å². The Labute approximate surface area is 127 Å². The molecule has 0 radical (unpaired) electrons. The third-order valence-electron chi connectivity index (χ3n) is 3.24. The Bertz CT molecular complexity index is 563. The molecule has 1 aromatic heterocycles. The van der Waals surface area contributed by atoms with E-state index in [2.05, 4.69) is 20.9 Å². The van der Waals surface area contributed by atoms with Crippen LogP contribution in [0.5, 0.6) is 0 Å². The normalized spacial score (nSPS) is 20.6. The maximum absolute atomic E-state index is 12.2. The molecule has 0 saturated carbocycles. The average Bonchev–Trinajstić information content (AvgIpc) is 2.42. The molecule has 1 fully saturated rings. The van der Waals surface area contributed by atoms with Crippen LogP contribution in [0.1, 0.15) is 12.5 Å². The summed E-state index contributed by atoms with van der Waals surface area (Å²) in [6.45, 7) is 4.40. The van der Waals surface area contributed by atoms with Crippen LogP contribution >= 0.6 is 27.7 Å². The number of hydrogen-bond donors (Lipinski definition) is 0. The van der Waals surface area contributed by atoms with Crippen molar-refractivity contribution in [3.63, 3.8) is 0 Å². The average molecular weight is 365 g/mol. The minimum Gasteiger partial charge on any atom is -0.337 e. The summed E-state index contributed by atoms with van der Waals surface area (Å²) in [4.78, 5) is 6.29. The molecule has 2 rings (SSSR count). The van der Waals surface area contributed by atoms with E-state index in [4.69, 9.17) is 0 Å². The van der Waals surface area contributed by atoms with Crippen molar-refractivity contribution in [2.24, 2.45) is 0 Å². The van der Waals surface area contributed by atoms with Crippen molar-refractivity contribution >= 4 is 43.3 Å². The van der Waals surface area contributed by atoms with E-state index in [0.717, 1.165) is 21.6 Å². The molecule has 0 aliphatic carbocycles. The number of halogens is 1. The summed E-state index contributed by atoms with van der Waals surface area (Å²) < 4.78 is 25.4. The van der Waals surface area contributed by atoms with Gasteiger partial charge in [0.05, 0.1) is 4.47 Å². The van der Waals surface area contributed by atoms with E-state index in [-0.39, 0.29) is 5.75 Å². The van der Waals surface area contributed by atoms with E-state index in [9.17, 15) is 8.42 Å². The number of aromatic nitrogens is 1. The van der Waals surface area contributed by atoms with E-state index in [1.54, 1.807) is 24.9 Å². The first-order valence-corrected chi connectivity index (χ1v) is 9.80. The van der Waals surface area contributed by atoms with Crippen molar-refractivity contribution in [1.29, 1.82) is 0 Å². The van der Waals surface area contributed by atoms with Crippen molar-refractivity contribution in [2.45, 2.75) is 19.2 Å². The van der Waals surface area contributed by atoms with Gasteiger partial charge in [0, 0.05) is 30.0 Å². The largest absolute Gasteiger partial charge is 0.337 e. The standard InChI is InChI=1S/C12H17BrN2O2S2/c1-3-19(16,17)10-8-18-7-6-15(10)12-11(13)9(2)4-5-14-12/h4-5,10H,3,6-8H2,1-2H3. The van der Waals surface area contributed by atoms with Gasteiger partial charge in [0.15, 0.2) is 9.84 Å². The summed E-state index contributed by atoms with van der Waals surface area (Å²) in [5.41, 5.74) is 1.07. The number of sulfone groups is 1. The molecule has 1 aliphatic rings. The molecule has 4 nitrogen and oxygen atoms in total. The Kier molecular flexibility index (Phi) is 4.79. The van der Waals surface area contributed by atoms with Crippen LogP contribution in [0.2, 0.25) is 0 Å². The molecular weight excluding hydrogens is 348 g/mol. The third-order valence-corrected chi connectivity index (χ3v) is 7.51. The molecule has 1 unspecified atom stereocenters. The second-order valence-electron chi connectivity index (χ2n) is 4.44. The lowest BCUT2D eigenvalue weighted by Gasteiger charge is -2.36. The number of anilines is 1. The fourth-order valence-corrected chi connectivity index (χ4v) is 5.47. The minimum atomic E-state index is -3.10. The van der Waals surface area contributed by atoms with Crippen molar-refractivity contribution in [3.05, 3.63) is 22.3 Å². The molecule has 0 bridgehead atoms.